The molecule has 5 rings (SSSR count). The van der Waals surface area contributed by atoms with Crippen molar-refractivity contribution < 1.29 is 17.9 Å². The minimum atomic E-state index is -4.34. The second-order valence-electron chi connectivity index (χ2n) is 8.68. The third-order valence-electron chi connectivity index (χ3n) is 6.78. The molecule has 2 aliphatic heterocycles. The molecular formula is C21H25F3N4O. The maximum atomic E-state index is 13.5. The molecule has 1 saturated carbocycles. The molecule has 2 saturated heterocycles. The minimum absolute atomic E-state index is 0.00883. The maximum Gasteiger partial charge on any atom is 0.416 e. The summed E-state index contributed by atoms with van der Waals surface area (Å²) < 4.78 is 48.2. The van der Waals surface area contributed by atoms with Crippen molar-refractivity contribution in [1.29, 1.82) is 0 Å². The lowest BCUT2D eigenvalue weighted by atomic mass is 9.71. The standard InChI is InChI=1S/C21H25F3N4O/c22-21(23,24)17-4-2-1-3-15(17)11-27-12-18(20(13-27)7-9-29-10-8-20)19-26-25-14-28(19)16-5-6-16/h1-4,14,16,18H,5-13H2. The zero-order chi connectivity index (χ0) is 20.1. The minimum Gasteiger partial charge on any atom is -0.381 e. The van der Waals surface area contributed by atoms with Gasteiger partial charge in [-0.15, -0.1) is 10.2 Å². The second kappa shape index (κ2) is 7.09. The van der Waals surface area contributed by atoms with Crippen molar-refractivity contribution in [3.63, 3.8) is 0 Å². The second-order valence-corrected chi connectivity index (χ2v) is 8.68. The molecule has 3 heterocycles. The summed E-state index contributed by atoms with van der Waals surface area (Å²) in [7, 11) is 0. The van der Waals surface area contributed by atoms with Crippen molar-refractivity contribution in [2.24, 2.45) is 5.41 Å². The molecule has 29 heavy (non-hydrogen) atoms. The number of hydrogen-bond donors (Lipinski definition) is 0. The van der Waals surface area contributed by atoms with E-state index in [-0.39, 0.29) is 11.3 Å². The Balaban J connectivity index is 1.44. The van der Waals surface area contributed by atoms with Crippen LogP contribution in [0.15, 0.2) is 30.6 Å². The van der Waals surface area contributed by atoms with Crippen molar-refractivity contribution in [3.8, 4) is 0 Å². The van der Waals surface area contributed by atoms with Crippen molar-refractivity contribution in [3.05, 3.63) is 47.5 Å². The normalized spacial score (nSPS) is 25.0. The summed E-state index contributed by atoms with van der Waals surface area (Å²) in [6.45, 7) is 3.16. The Hall–Kier alpha value is -1.93. The smallest absolute Gasteiger partial charge is 0.381 e. The van der Waals surface area contributed by atoms with Crippen molar-refractivity contribution in [2.45, 2.75) is 50.4 Å². The average Bonchev–Trinajstić information content (AvgIpc) is 3.33. The van der Waals surface area contributed by atoms with Gasteiger partial charge in [0.25, 0.3) is 0 Å². The van der Waals surface area contributed by atoms with Crippen LogP contribution in [0.25, 0.3) is 0 Å². The quantitative estimate of drug-likeness (QED) is 0.769. The number of halogens is 3. The first-order valence-corrected chi connectivity index (χ1v) is 10.3. The maximum absolute atomic E-state index is 13.5. The highest BCUT2D eigenvalue weighted by molar-refractivity contribution is 5.30. The Morgan fingerprint density at radius 3 is 2.62 bits per heavy atom. The monoisotopic (exact) mass is 406 g/mol. The molecule has 2 aromatic rings. The number of ether oxygens (including phenoxy) is 1. The molecule has 1 aromatic heterocycles. The van der Waals surface area contributed by atoms with Gasteiger partial charge >= 0.3 is 6.18 Å². The first kappa shape index (κ1) is 19.1. The summed E-state index contributed by atoms with van der Waals surface area (Å²) >= 11 is 0. The van der Waals surface area contributed by atoms with E-state index in [1.54, 1.807) is 12.1 Å². The molecule has 0 bridgehead atoms. The van der Waals surface area contributed by atoms with Gasteiger partial charge in [-0.1, -0.05) is 18.2 Å². The van der Waals surface area contributed by atoms with Crippen LogP contribution in [-0.4, -0.2) is 46.0 Å². The van der Waals surface area contributed by atoms with E-state index in [1.165, 1.54) is 12.1 Å². The van der Waals surface area contributed by atoms with Gasteiger partial charge in [0.15, 0.2) is 0 Å². The molecule has 0 N–H and O–H groups in total. The predicted octanol–water partition coefficient (Wildman–Crippen LogP) is 4.03. The highest BCUT2D eigenvalue weighted by atomic mass is 19.4. The van der Waals surface area contributed by atoms with Crippen LogP contribution in [0, 0.1) is 5.41 Å². The van der Waals surface area contributed by atoms with Crippen molar-refractivity contribution in [1.82, 2.24) is 19.7 Å². The predicted molar refractivity (Wildman–Crippen MR) is 100 cm³/mol. The van der Waals surface area contributed by atoms with Crippen LogP contribution in [0.2, 0.25) is 0 Å². The number of benzene rings is 1. The fourth-order valence-corrected chi connectivity index (χ4v) is 5.14. The van der Waals surface area contributed by atoms with Crippen LogP contribution in [0.1, 0.15) is 54.6 Å². The Labute approximate surface area is 167 Å². The third-order valence-corrected chi connectivity index (χ3v) is 6.78. The molecule has 1 unspecified atom stereocenters. The van der Waals surface area contributed by atoms with Gasteiger partial charge in [0.1, 0.15) is 12.2 Å². The number of rotatable bonds is 4. The molecule has 5 nitrogen and oxygen atoms in total. The largest absolute Gasteiger partial charge is 0.416 e. The van der Waals surface area contributed by atoms with Crippen LogP contribution in [-0.2, 0) is 17.5 Å². The van der Waals surface area contributed by atoms with Crippen LogP contribution in [0.4, 0.5) is 13.2 Å². The SMILES string of the molecule is FC(F)(F)c1ccccc1CN1CC(c2nncn2C2CC2)C2(CCOCC2)C1. The number of aromatic nitrogens is 3. The summed E-state index contributed by atoms with van der Waals surface area (Å²) in [6, 6.07) is 6.40. The van der Waals surface area contributed by atoms with Crippen LogP contribution in [0.5, 0.6) is 0 Å². The Bertz CT molecular complexity index is 871. The van der Waals surface area contributed by atoms with E-state index in [0.717, 1.165) is 38.1 Å². The van der Waals surface area contributed by atoms with Gasteiger partial charge in [-0.3, -0.25) is 4.90 Å². The molecule has 0 amide bonds. The summed E-state index contributed by atoms with van der Waals surface area (Å²) in [4.78, 5) is 2.17. The van der Waals surface area contributed by atoms with Gasteiger partial charge in [0, 0.05) is 44.8 Å². The molecule has 0 radical (unpaired) electrons. The zero-order valence-corrected chi connectivity index (χ0v) is 16.2. The van der Waals surface area contributed by atoms with Gasteiger partial charge in [-0.05, 0) is 42.7 Å². The topological polar surface area (TPSA) is 43.2 Å². The van der Waals surface area contributed by atoms with Gasteiger partial charge in [0.05, 0.1) is 5.56 Å². The summed E-state index contributed by atoms with van der Waals surface area (Å²) in [5, 5.41) is 8.65. The number of likely N-dealkylation sites (tertiary alicyclic amines) is 1. The Morgan fingerprint density at radius 1 is 1.14 bits per heavy atom. The van der Waals surface area contributed by atoms with Gasteiger partial charge in [-0.2, -0.15) is 13.2 Å². The van der Waals surface area contributed by atoms with E-state index in [2.05, 4.69) is 19.7 Å². The highest BCUT2D eigenvalue weighted by Crippen LogP contribution is 2.51. The molecule has 1 aliphatic carbocycles. The highest BCUT2D eigenvalue weighted by Gasteiger charge is 2.50. The summed E-state index contributed by atoms with van der Waals surface area (Å²) in [6.07, 6.45) is 1.60. The molecular weight excluding hydrogens is 381 g/mol. The molecule has 1 spiro atoms. The first-order chi connectivity index (χ1) is 14.0. The van der Waals surface area contributed by atoms with E-state index in [0.29, 0.717) is 37.9 Å². The molecule has 1 atom stereocenters. The Morgan fingerprint density at radius 2 is 1.90 bits per heavy atom. The molecule has 8 heteroatoms. The fraction of sp³-hybridized carbons (Fsp3) is 0.619. The summed E-state index contributed by atoms with van der Waals surface area (Å²) in [5.74, 6) is 1.17. The lowest BCUT2D eigenvalue weighted by Crippen LogP contribution is -2.37. The van der Waals surface area contributed by atoms with E-state index < -0.39 is 11.7 Å². The van der Waals surface area contributed by atoms with Crippen LogP contribution >= 0.6 is 0 Å². The lowest BCUT2D eigenvalue weighted by Gasteiger charge is -2.37. The third kappa shape index (κ3) is 3.57. The van der Waals surface area contributed by atoms with Gasteiger partial charge in [0.2, 0.25) is 0 Å². The van der Waals surface area contributed by atoms with Crippen molar-refractivity contribution >= 4 is 0 Å². The number of alkyl halides is 3. The molecule has 3 aliphatic rings. The fourth-order valence-electron chi connectivity index (χ4n) is 5.14. The van der Waals surface area contributed by atoms with Crippen LogP contribution < -0.4 is 0 Å². The molecule has 156 valence electrons. The first-order valence-electron chi connectivity index (χ1n) is 10.3. The van der Waals surface area contributed by atoms with Crippen molar-refractivity contribution in [2.75, 3.05) is 26.3 Å². The van der Waals surface area contributed by atoms with E-state index >= 15 is 0 Å². The van der Waals surface area contributed by atoms with E-state index in [9.17, 15) is 13.2 Å². The van der Waals surface area contributed by atoms with E-state index in [4.69, 9.17) is 4.74 Å². The van der Waals surface area contributed by atoms with Gasteiger partial charge < -0.3 is 9.30 Å². The van der Waals surface area contributed by atoms with Crippen LogP contribution in [0.3, 0.4) is 0 Å². The average molecular weight is 406 g/mol. The summed E-state index contributed by atoms with van der Waals surface area (Å²) in [5.41, 5.74) is -0.206. The number of nitrogens with zero attached hydrogens (tertiary/aromatic N) is 4. The zero-order valence-electron chi connectivity index (χ0n) is 16.2. The molecule has 3 fully saturated rings. The van der Waals surface area contributed by atoms with E-state index in [1.807, 2.05) is 6.33 Å². The Kier molecular flexibility index (Phi) is 4.66. The number of hydrogen-bond acceptors (Lipinski definition) is 4. The van der Waals surface area contributed by atoms with Gasteiger partial charge in [-0.25, -0.2) is 0 Å². The molecule has 1 aromatic carbocycles. The lowest BCUT2D eigenvalue weighted by molar-refractivity contribution is -0.138.